The molecule has 1 aliphatic heterocycles. The van der Waals surface area contributed by atoms with Crippen molar-refractivity contribution in [2.75, 3.05) is 10.2 Å². The molecular weight excluding hydrogens is 294 g/mol. The maximum Gasteiger partial charge on any atom is 0.244 e. The lowest BCUT2D eigenvalue weighted by atomic mass is 9.98. The van der Waals surface area contributed by atoms with Crippen LogP contribution in [0.4, 0.5) is 11.4 Å². The second kappa shape index (κ2) is 5.77. The molecule has 0 aromatic heterocycles. The van der Waals surface area contributed by atoms with Crippen LogP contribution in [0.25, 0.3) is 0 Å². The number of nitrogens with one attached hydrogen (secondary N) is 1. The number of nitrogens with two attached hydrogens (primary N) is 1. The van der Waals surface area contributed by atoms with E-state index in [1.54, 1.807) is 18.2 Å². The first-order valence-corrected chi connectivity index (χ1v) is 7.97. The maximum atomic E-state index is 12.3. The molecule has 1 saturated carbocycles. The van der Waals surface area contributed by atoms with Crippen molar-refractivity contribution in [2.24, 2.45) is 5.73 Å². The summed E-state index contributed by atoms with van der Waals surface area (Å²) >= 11 is 0. The van der Waals surface area contributed by atoms with Crippen molar-refractivity contribution in [2.45, 2.75) is 51.0 Å². The van der Waals surface area contributed by atoms with Crippen LogP contribution in [0, 0.1) is 6.92 Å². The lowest BCUT2D eigenvalue weighted by Gasteiger charge is -2.23. The Hall–Kier alpha value is -2.21. The van der Waals surface area contributed by atoms with Crippen molar-refractivity contribution in [3.8, 4) is 0 Å². The van der Waals surface area contributed by atoms with Crippen LogP contribution in [0.15, 0.2) is 18.2 Å². The Balaban J connectivity index is 1.78. The van der Waals surface area contributed by atoms with Gasteiger partial charge in [0.25, 0.3) is 0 Å². The Bertz CT molecular complexity index is 662. The molecule has 122 valence electrons. The molecule has 2 aliphatic rings. The van der Waals surface area contributed by atoms with Crippen molar-refractivity contribution in [3.63, 3.8) is 0 Å². The fourth-order valence-corrected chi connectivity index (χ4v) is 3.32. The average Bonchev–Trinajstić information content (AvgIpc) is 3.08. The number of nitrogens with zero attached hydrogens (tertiary/aromatic N) is 1. The third-order valence-electron chi connectivity index (χ3n) is 4.70. The first-order chi connectivity index (χ1) is 10.9. The van der Waals surface area contributed by atoms with Gasteiger partial charge in [-0.25, -0.2) is 0 Å². The van der Waals surface area contributed by atoms with Gasteiger partial charge in [0.1, 0.15) is 0 Å². The summed E-state index contributed by atoms with van der Waals surface area (Å²) in [5.41, 5.74) is 7.34. The lowest BCUT2D eigenvalue weighted by molar-refractivity contribution is -0.122. The van der Waals surface area contributed by atoms with Gasteiger partial charge in [-0.2, -0.15) is 0 Å². The topological polar surface area (TPSA) is 92.5 Å². The first-order valence-electron chi connectivity index (χ1n) is 7.97. The Kier molecular flexibility index (Phi) is 3.93. The van der Waals surface area contributed by atoms with E-state index in [2.05, 4.69) is 5.32 Å². The number of carbonyl (C=O) groups excluding carboxylic acids is 3. The molecule has 0 spiro atoms. The second-order valence-corrected chi connectivity index (χ2v) is 6.44. The molecule has 2 fully saturated rings. The highest BCUT2D eigenvalue weighted by molar-refractivity contribution is 6.20. The second-order valence-electron chi connectivity index (χ2n) is 6.44. The van der Waals surface area contributed by atoms with E-state index in [-0.39, 0.29) is 30.6 Å². The Morgan fingerprint density at radius 2 is 1.78 bits per heavy atom. The average molecular weight is 315 g/mol. The number of aryl methyl sites for hydroxylation is 1. The fraction of sp³-hybridized carbons (Fsp3) is 0.471. The molecule has 6 nitrogen and oxygen atoms in total. The summed E-state index contributed by atoms with van der Waals surface area (Å²) in [5.74, 6) is -0.529. The predicted octanol–water partition coefficient (Wildman–Crippen LogP) is 1.86. The Morgan fingerprint density at radius 3 is 2.35 bits per heavy atom. The summed E-state index contributed by atoms with van der Waals surface area (Å²) < 4.78 is 0. The fourth-order valence-electron chi connectivity index (χ4n) is 3.32. The molecule has 0 bridgehead atoms. The molecule has 1 saturated heterocycles. The summed E-state index contributed by atoms with van der Waals surface area (Å²) in [5, 5.41) is 2.85. The molecule has 0 unspecified atom stereocenters. The predicted molar refractivity (Wildman–Crippen MR) is 86.9 cm³/mol. The number of amides is 3. The molecule has 23 heavy (non-hydrogen) atoms. The van der Waals surface area contributed by atoms with Crippen molar-refractivity contribution in [1.82, 2.24) is 0 Å². The quantitative estimate of drug-likeness (QED) is 0.833. The van der Waals surface area contributed by atoms with Crippen LogP contribution in [0.5, 0.6) is 0 Å². The highest BCUT2D eigenvalue weighted by Crippen LogP contribution is 2.31. The summed E-state index contributed by atoms with van der Waals surface area (Å²) in [6, 6.07) is 5.17. The van der Waals surface area contributed by atoms with Crippen LogP contribution in [-0.2, 0) is 14.4 Å². The largest absolute Gasteiger partial charge is 0.324 e. The molecule has 3 amide bonds. The van der Waals surface area contributed by atoms with E-state index in [4.69, 9.17) is 5.73 Å². The molecule has 6 heteroatoms. The number of rotatable bonds is 3. The van der Waals surface area contributed by atoms with Gasteiger partial charge in [-0.1, -0.05) is 12.8 Å². The van der Waals surface area contributed by atoms with Gasteiger partial charge in [-0.05, 0) is 43.5 Å². The molecule has 1 aliphatic carbocycles. The van der Waals surface area contributed by atoms with Crippen molar-refractivity contribution < 1.29 is 14.4 Å². The number of hydrogen-bond acceptors (Lipinski definition) is 4. The molecule has 1 aromatic carbocycles. The van der Waals surface area contributed by atoms with Gasteiger partial charge in [0.15, 0.2) is 0 Å². The van der Waals surface area contributed by atoms with Gasteiger partial charge < -0.3 is 11.1 Å². The monoisotopic (exact) mass is 315 g/mol. The summed E-state index contributed by atoms with van der Waals surface area (Å²) in [4.78, 5) is 37.2. The molecular formula is C17H21N3O3. The van der Waals surface area contributed by atoms with E-state index in [1.165, 1.54) is 4.90 Å². The van der Waals surface area contributed by atoms with Crippen molar-refractivity contribution in [3.05, 3.63) is 23.8 Å². The van der Waals surface area contributed by atoms with E-state index >= 15 is 0 Å². The normalized spacial score (nSPS) is 20.2. The number of benzene rings is 1. The van der Waals surface area contributed by atoms with Crippen LogP contribution in [0.2, 0.25) is 0 Å². The number of imide groups is 1. The van der Waals surface area contributed by atoms with Crippen LogP contribution in [0.1, 0.15) is 44.1 Å². The molecule has 3 rings (SSSR count). The summed E-state index contributed by atoms with van der Waals surface area (Å²) in [7, 11) is 0. The van der Waals surface area contributed by atoms with E-state index < -0.39 is 5.54 Å². The minimum absolute atomic E-state index is 0.171. The number of carbonyl (C=O) groups is 3. The molecule has 0 atom stereocenters. The zero-order valence-corrected chi connectivity index (χ0v) is 13.2. The van der Waals surface area contributed by atoms with Gasteiger partial charge in [0, 0.05) is 18.5 Å². The van der Waals surface area contributed by atoms with Gasteiger partial charge in [-0.15, -0.1) is 0 Å². The summed E-state index contributed by atoms with van der Waals surface area (Å²) in [6.07, 6.45) is 3.86. The van der Waals surface area contributed by atoms with Gasteiger partial charge in [0.05, 0.1) is 11.2 Å². The Morgan fingerprint density at radius 1 is 1.17 bits per heavy atom. The Labute approximate surface area is 135 Å². The molecule has 1 heterocycles. The van der Waals surface area contributed by atoms with Crippen LogP contribution in [-0.4, -0.2) is 23.3 Å². The molecule has 3 N–H and O–H groups in total. The number of anilines is 2. The molecule has 1 aromatic rings. The van der Waals surface area contributed by atoms with Crippen LogP contribution >= 0.6 is 0 Å². The zero-order valence-electron chi connectivity index (χ0n) is 13.2. The highest BCUT2D eigenvalue weighted by atomic mass is 16.2. The van der Waals surface area contributed by atoms with E-state index in [0.29, 0.717) is 24.2 Å². The van der Waals surface area contributed by atoms with Crippen LogP contribution in [0.3, 0.4) is 0 Å². The minimum Gasteiger partial charge on any atom is -0.324 e. The van der Waals surface area contributed by atoms with Gasteiger partial charge in [0.2, 0.25) is 17.7 Å². The SMILES string of the molecule is Cc1cc(NC(=O)C2(N)CCCC2)ccc1N1C(=O)CCC1=O. The molecule has 0 radical (unpaired) electrons. The number of hydrogen-bond donors (Lipinski definition) is 2. The van der Waals surface area contributed by atoms with Crippen LogP contribution < -0.4 is 16.0 Å². The smallest absolute Gasteiger partial charge is 0.244 e. The standard InChI is InChI=1S/C17H21N3O3/c1-11-10-12(19-16(23)17(18)8-2-3-9-17)4-5-13(11)20-14(21)6-7-15(20)22/h4-5,10H,2-3,6-9,18H2,1H3,(H,19,23). The van der Waals surface area contributed by atoms with E-state index in [0.717, 1.165) is 18.4 Å². The van der Waals surface area contributed by atoms with E-state index in [9.17, 15) is 14.4 Å². The summed E-state index contributed by atoms with van der Waals surface area (Å²) in [6.45, 7) is 1.82. The van der Waals surface area contributed by atoms with Crippen molar-refractivity contribution >= 4 is 29.1 Å². The lowest BCUT2D eigenvalue weighted by Crippen LogP contribution is -2.48. The third-order valence-corrected chi connectivity index (χ3v) is 4.70. The highest BCUT2D eigenvalue weighted by Gasteiger charge is 2.37. The minimum atomic E-state index is -0.784. The maximum absolute atomic E-state index is 12.3. The van der Waals surface area contributed by atoms with Gasteiger partial charge in [-0.3, -0.25) is 19.3 Å². The van der Waals surface area contributed by atoms with Crippen molar-refractivity contribution in [1.29, 1.82) is 0 Å². The van der Waals surface area contributed by atoms with Gasteiger partial charge >= 0.3 is 0 Å². The third kappa shape index (κ3) is 2.86. The first kappa shape index (κ1) is 15.7. The zero-order chi connectivity index (χ0) is 16.6. The van der Waals surface area contributed by atoms with E-state index in [1.807, 2.05) is 6.92 Å².